The molecule has 5 nitrogen and oxygen atoms in total. The standard InChI is InChI=1S/C28H31ClN2O3/c1-3-30-28(33)26(19-21-10-5-4-6-11-21)31(20-22-12-9-14-24(18-22)34-2)27(32)17-16-23-13-7-8-15-25(23)29/h4-15,18,26H,3,16-17,19-20H2,1-2H3,(H,30,33)/t26-/m1/s1. The molecular formula is C28H31ClN2O3. The molecule has 2 amide bonds. The van der Waals surface area contributed by atoms with Gasteiger partial charge in [0.05, 0.1) is 7.11 Å². The number of aryl methyl sites for hydroxylation is 1. The summed E-state index contributed by atoms with van der Waals surface area (Å²) < 4.78 is 5.36. The molecule has 0 heterocycles. The maximum atomic E-state index is 13.6. The molecule has 0 fully saturated rings. The number of rotatable bonds is 11. The Morgan fingerprint density at radius 1 is 0.971 bits per heavy atom. The smallest absolute Gasteiger partial charge is 0.243 e. The highest BCUT2D eigenvalue weighted by Crippen LogP contribution is 2.21. The minimum Gasteiger partial charge on any atom is -0.497 e. The van der Waals surface area contributed by atoms with E-state index in [0.29, 0.717) is 36.7 Å². The summed E-state index contributed by atoms with van der Waals surface area (Å²) in [5.41, 5.74) is 2.80. The summed E-state index contributed by atoms with van der Waals surface area (Å²) in [6.07, 6.45) is 1.17. The molecule has 1 atom stereocenters. The molecule has 0 unspecified atom stereocenters. The van der Waals surface area contributed by atoms with Gasteiger partial charge in [-0.05, 0) is 48.2 Å². The second-order valence-electron chi connectivity index (χ2n) is 8.06. The number of carbonyl (C=O) groups is 2. The van der Waals surface area contributed by atoms with Crippen LogP contribution in [0.25, 0.3) is 0 Å². The quantitative estimate of drug-likeness (QED) is 0.419. The first kappa shape index (κ1) is 25.3. The second-order valence-corrected chi connectivity index (χ2v) is 8.47. The molecule has 34 heavy (non-hydrogen) atoms. The first-order chi connectivity index (χ1) is 16.5. The molecule has 3 aromatic rings. The van der Waals surface area contributed by atoms with Crippen LogP contribution in [0, 0.1) is 0 Å². The van der Waals surface area contributed by atoms with Crippen LogP contribution in [0.15, 0.2) is 78.9 Å². The first-order valence-corrected chi connectivity index (χ1v) is 11.9. The monoisotopic (exact) mass is 478 g/mol. The van der Waals surface area contributed by atoms with E-state index in [-0.39, 0.29) is 18.2 Å². The maximum Gasteiger partial charge on any atom is 0.243 e. The fraction of sp³-hybridized carbons (Fsp3) is 0.286. The number of methoxy groups -OCH3 is 1. The Bertz CT molecular complexity index is 1090. The van der Waals surface area contributed by atoms with E-state index in [9.17, 15) is 9.59 Å². The van der Waals surface area contributed by atoms with E-state index in [1.807, 2.05) is 85.8 Å². The minimum absolute atomic E-state index is 0.102. The van der Waals surface area contributed by atoms with Gasteiger partial charge >= 0.3 is 0 Å². The van der Waals surface area contributed by atoms with E-state index < -0.39 is 6.04 Å². The van der Waals surface area contributed by atoms with Gasteiger partial charge in [-0.2, -0.15) is 0 Å². The van der Waals surface area contributed by atoms with Crippen molar-refractivity contribution in [1.29, 1.82) is 0 Å². The summed E-state index contributed by atoms with van der Waals surface area (Å²) in [7, 11) is 1.61. The van der Waals surface area contributed by atoms with Crippen LogP contribution < -0.4 is 10.1 Å². The Morgan fingerprint density at radius 2 is 1.68 bits per heavy atom. The molecule has 0 aromatic heterocycles. The zero-order chi connectivity index (χ0) is 24.3. The van der Waals surface area contributed by atoms with E-state index in [0.717, 1.165) is 16.7 Å². The number of hydrogen-bond acceptors (Lipinski definition) is 3. The van der Waals surface area contributed by atoms with Crippen molar-refractivity contribution in [3.05, 3.63) is 101 Å². The van der Waals surface area contributed by atoms with Gasteiger partial charge in [0, 0.05) is 31.0 Å². The van der Waals surface area contributed by atoms with Crippen molar-refractivity contribution in [1.82, 2.24) is 10.2 Å². The minimum atomic E-state index is -0.646. The van der Waals surface area contributed by atoms with Gasteiger partial charge in [0.15, 0.2) is 0 Å². The van der Waals surface area contributed by atoms with Crippen LogP contribution in [0.1, 0.15) is 30.0 Å². The van der Waals surface area contributed by atoms with Crippen molar-refractivity contribution in [2.45, 2.75) is 38.8 Å². The molecule has 178 valence electrons. The highest BCUT2D eigenvalue weighted by atomic mass is 35.5. The van der Waals surface area contributed by atoms with E-state index in [1.165, 1.54) is 0 Å². The normalized spacial score (nSPS) is 11.5. The molecule has 0 aliphatic rings. The highest BCUT2D eigenvalue weighted by Gasteiger charge is 2.30. The SMILES string of the molecule is CCNC(=O)[C@@H](Cc1ccccc1)N(Cc1cccc(OC)c1)C(=O)CCc1ccccc1Cl. The van der Waals surface area contributed by atoms with Crippen molar-refractivity contribution >= 4 is 23.4 Å². The molecule has 3 aromatic carbocycles. The number of ether oxygens (including phenoxy) is 1. The van der Waals surface area contributed by atoms with Gasteiger partial charge in [-0.3, -0.25) is 9.59 Å². The Hall–Kier alpha value is -3.31. The molecule has 0 aliphatic heterocycles. The molecule has 0 saturated heterocycles. The van der Waals surface area contributed by atoms with Gasteiger partial charge in [-0.25, -0.2) is 0 Å². The summed E-state index contributed by atoms with van der Waals surface area (Å²) in [5.74, 6) is 0.439. The van der Waals surface area contributed by atoms with Crippen LogP contribution in [0.3, 0.4) is 0 Å². The van der Waals surface area contributed by atoms with Crippen molar-refractivity contribution in [2.24, 2.45) is 0 Å². The summed E-state index contributed by atoms with van der Waals surface area (Å²) in [6.45, 7) is 2.67. The van der Waals surface area contributed by atoms with Crippen LogP contribution >= 0.6 is 11.6 Å². The third-order valence-corrected chi connectivity index (χ3v) is 6.04. The number of likely N-dealkylation sites (N-methyl/N-ethyl adjacent to an activating group) is 1. The summed E-state index contributed by atoms with van der Waals surface area (Å²) in [4.78, 5) is 28.5. The lowest BCUT2D eigenvalue weighted by Gasteiger charge is -2.31. The summed E-state index contributed by atoms with van der Waals surface area (Å²) in [6, 6.07) is 24.2. The average Bonchev–Trinajstić information content (AvgIpc) is 2.86. The number of carbonyl (C=O) groups excluding carboxylic acids is 2. The van der Waals surface area contributed by atoms with Crippen LogP contribution in [0.5, 0.6) is 5.75 Å². The number of amides is 2. The second kappa shape index (κ2) is 12.8. The van der Waals surface area contributed by atoms with E-state index in [2.05, 4.69) is 5.32 Å². The van der Waals surface area contributed by atoms with Crippen molar-refractivity contribution in [3.63, 3.8) is 0 Å². The van der Waals surface area contributed by atoms with Gasteiger partial charge in [0.2, 0.25) is 11.8 Å². The Kier molecular flexibility index (Phi) is 9.53. The maximum absolute atomic E-state index is 13.6. The first-order valence-electron chi connectivity index (χ1n) is 11.5. The molecule has 6 heteroatoms. The number of hydrogen-bond donors (Lipinski definition) is 1. The predicted molar refractivity (Wildman–Crippen MR) is 136 cm³/mol. The van der Waals surface area contributed by atoms with Crippen LogP contribution in [-0.2, 0) is 29.0 Å². The van der Waals surface area contributed by atoms with Crippen LogP contribution in [0.4, 0.5) is 0 Å². The lowest BCUT2D eigenvalue weighted by Crippen LogP contribution is -2.50. The van der Waals surface area contributed by atoms with Crippen molar-refractivity contribution < 1.29 is 14.3 Å². The fourth-order valence-corrected chi connectivity index (χ4v) is 4.13. The lowest BCUT2D eigenvalue weighted by atomic mass is 10.0. The largest absolute Gasteiger partial charge is 0.497 e. The van der Waals surface area contributed by atoms with Gasteiger partial charge in [0.25, 0.3) is 0 Å². The predicted octanol–water partition coefficient (Wildman–Crippen LogP) is 5.06. The lowest BCUT2D eigenvalue weighted by molar-refractivity contribution is -0.141. The highest BCUT2D eigenvalue weighted by molar-refractivity contribution is 6.31. The molecule has 0 radical (unpaired) electrons. The van der Waals surface area contributed by atoms with Crippen LogP contribution in [-0.4, -0.2) is 36.4 Å². The van der Waals surface area contributed by atoms with Gasteiger partial charge in [0.1, 0.15) is 11.8 Å². The molecular weight excluding hydrogens is 448 g/mol. The average molecular weight is 479 g/mol. The zero-order valence-electron chi connectivity index (χ0n) is 19.7. The van der Waals surface area contributed by atoms with Crippen LogP contribution in [0.2, 0.25) is 5.02 Å². The van der Waals surface area contributed by atoms with E-state index in [4.69, 9.17) is 16.3 Å². The molecule has 0 bridgehead atoms. The van der Waals surface area contributed by atoms with Gasteiger partial charge in [-0.15, -0.1) is 0 Å². The van der Waals surface area contributed by atoms with Crippen molar-refractivity contribution in [2.75, 3.05) is 13.7 Å². The Morgan fingerprint density at radius 3 is 2.38 bits per heavy atom. The summed E-state index contributed by atoms with van der Waals surface area (Å²) in [5, 5.41) is 3.55. The number of nitrogens with one attached hydrogen (secondary N) is 1. The zero-order valence-corrected chi connectivity index (χ0v) is 20.4. The molecule has 3 rings (SSSR count). The Balaban J connectivity index is 1.91. The van der Waals surface area contributed by atoms with Gasteiger partial charge < -0.3 is 15.0 Å². The van der Waals surface area contributed by atoms with Gasteiger partial charge in [-0.1, -0.05) is 72.3 Å². The Labute approximate surface area is 206 Å². The number of nitrogens with zero attached hydrogens (tertiary/aromatic N) is 1. The van der Waals surface area contributed by atoms with E-state index in [1.54, 1.807) is 12.0 Å². The topological polar surface area (TPSA) is 58.6 Å². The van der Waals surface area contributed by atoms with E-state index >= 15 is 0 Å². The summed E-state index contributed by atoms with van der Waals surface area (Å²) >= 11 is 6.31. The number of benzene rings is 3. The number of halogens is 1. The third kappa shape index (κ3) is 7.09. The molecule has 0 saturated carbocycles. The fourth-order valence-electron chi connectivity index (χ4n) is 3.90. The molecule has 0 spiro atoms. The molecule has 0 aliphatic carbocycles. The molecule has 1 N–H and O–H groups in total. The van der Waals surface area contributed by atoms with Crippen molar-refractivity contribution in [3.8, 4) is 5.75 Å². The third-order valence-electron chi connectivity index (χ3n) is 5.68.